The Morgan fingerprint density at radius 3 is 2.22 bits per heavy atom. The zero-order valence-electron chi connectivity index (χ0n) is 14.3. The largest absolute Gasteiger partial charge is 0.351 e. The van der Waals surface area contributed by atoms with Crippen LogP contribution in [-0.2, 0) is 6.54 Å². The van der Waals surface area contributed by atoms with Gasteiger partial charge in [0.1, 0.15) is 5.69 Å². The van der Waals surface area contributed by atoms with E-state index in [9.17, 15) is 14.4 Å². The minimum atomic E-state index is -0.885. The summed E-state index contributed by atoms with van der Waals surface area (Å²) in [7, 11) is 0. The molecule has 1 aromatic heterocycles. The Morgan fingerprint density at radius 1 is 0.963 bits per heavy atom. The van der Waals surface area contributed by atoms with Gasteiger partial charge >= 0.3 is 6.03 Å². The van der Waals surface area contributed by atoms with Crippen LogP contribution in [0.4, 0.5) is 16.4 Å². The van der Waals surface area contributed by atoms with Crippen LogP contribution in [0, 0.1) is 0 Å². The van der Waals surface area contributed by atoms with E-state index in [0.29, 0.717) is 5.69 Å². The molecular formula is C19H17N5O3. The molecule has 0 unspecified atom stereocenters. The molecular weight excluding hydrogens is 346 g/mol. The molecule has 2 aromatic carbocycles. The predicted molar refractivity (Wildman–Crippen MR) is 102 cm³/mol. The van der Waals surface area contributed by atoms with E-state index >= 15 is 0 Å². The van der Waals surface area contributed by atoms with Crippen LogP contribution < -0.4 is 21.9 Å². The fourth-order valence-electron chi connectivity index (χ4n) is 2.46. The molecule has 1 heterocycles. The van der Waals surface area contributed by atoms with E-state index in [4.69, 9.17) is 5.73 Å². The van der Waals surface area contributed by atoms with Gasteiger partial charge < -0.3 is 11.1 Å². The van der Waals surface area contributed by atoms with Gasteiger partial charge in [0, 0.05) is 11.8 Å². The number of nitrogens with one attached hydrogen (secondary N) is 2. The van der Waals surface area contributed by atoms with E-state index in [-0.39, 0.29) is 18.2 Å². The molecule has 0 radical (unpaired) electrons. The number of nitrogens with two attached hydrogens (primary N) is 1. The average Bonchev–Trinajstić information content (AvgIpc) is 2.65. The minimum Gasteiger partial charge on any atom is -0.351 e. The first kappa shape index (κ1) is 17.9. The third-order valence-corrected chi connectivity index (χ3v) is 3.69. The molecule has 8 heteroatoms. The topological polar surface area (TPSA) is 119 Å². The van der Waals surface area contributed by atoms with E-state index in [1.165, 1.54) is 4.57 Å². The molecule has 0 saturated heterocycles. The minimum absolute atomic E-state index is 0.0999. The van der Waals surface area contributed by atoms with Gasteiger partial charge in [-0.25, -0.2) is 9.78 Å². The zero-order chi connectivity index (χ0) is 19.2. The van der Waals surface area contributed by atoms with Crippen molar-refractivity contribution < 1.29 is 9.59 Å². The SMILES string of the molecule is NC(=O)Nc1nc(C(=O)Nc2ccccc2)cc(=O)n1Cc1ccccc1. The smallest absolute Gasteiger partial charge is 0.318 e. The molecule has 0 saturated carbocycles. The average molecular weight is 363 g/mol. The molecule has 3 aromatic rings. The highest BCUT2D eigenvalue weighted by Crippen LogP contribution is 2.10. The standard InChI is InChI=1S/C19H17N5O3/c20-18(27)23-19-22-15(17(26)21-14-9-5-2-6-10-14)11-16(25)24(19)12-13-7-3-1-4-8-13/h1-11H,12H2,(H,21,26)(H3,20,22,23,27). The first-order valence-corrected chi connectivity index (χ1v) is 8.11. The summed E-state index contributed by atoms with van der Waals surface area (Å²) < 4.78 is 1.24. The second kappa shape index (κ2) is 7.96. The van der Waals surface area contributed by atoms with E-state index < -0.39 is 17.5 Å². The summed E-state index contributed by atoms with van der Waals surface area (Å²) in [5.41, 5.74) is 5.95. The lowest BCUT2D eigenvalue weighted by atomic mass is 10.2. The maximum Gasteiger partial charge on any atom is 0.318 e. The lowest BCUT2D eigenvalue weighted by Gasteiger charge is -2.13. The summed E-state index contributed by atoms with van der Waals surface area (Å²) in [6.07, 6.45) is 0. The van der Waals surface area contributed by atoms with Crippen molar-refractivity contribution in [3.05, 3.63) is 88.3 Å². The second-order valence-electron chi connectivity index (χ2n) is 5.68. The first-order chi connectivity index (χ1) is 13.0. The Morgan fingerprint density at radius 2 is 1.59 bits per heavy atom. The Hall–Kier alpha value is -3.94. The van der Waals surface area contributed by atoms with Gasteiger partial charge in [0.15, 0.2) is 0 Å². The van der Waals surface area contributed by atoms with Gasteiger partial charge in [-0.1, -0.05) is 48.5 Å². The Balaban J connectivity index is 1.95. The maximum absolute atomic E-state index is 12.6. The monoisotopic (exact) mass is 363 g/mol. The van der Waals surface area contributed by atoms with E-state index in [0.717, 1.165) is 11.6 Å². The summed E-state index contributed by atoms with van der Waals surface area (Å²) in [5.74, 6) is -0.672. The van der Waals surface area contributed by atoms with Crippen LogP contribution in [0.1, 0.15) is 16.1 Å². The quantitative estimate of drug-likeness (QED) is 0.642. The number of amides is 3. The molecule has 27 heavy (non-hydrogen) atoms. The van der Waals surface area contributed by atoms with E-state index in [1.54, 1.807) is 24.3 Å². The van der Waals surface area contributed by atoms with E-state index in [1.807, 2.05) is 36.4 Å². The molecule has 4 N–H and O–H groups in total. The number of aromatic nitrogens is 2. The molecule has 3 amide bonds. The van der Waals surface area contributed by atoms with Crippen LogP contribution >= 0.6 is 0 Å². The van der Waals surface area contributed by atoms with Crippen molar-refractivity contribution in [1.82, 2.24) is 9.55 Å². The normalized spacial score (nSPS) is 10.2. The van der Waals surface area contributed by atoms with Gasteiger partial charge in [-0.3, -0.25) is 19.5 Å². The Kier molecular flexibility index (Phi) is 5.27. The van der Waals surface area contributed by atoms with Crippen molar-refractivity contribution in [2.45, 2.75) is 6.54 Å². The molecule has 3 rings (SSSR count). The van der Waals surface area contributed by atoms with Gasteiger partial charge in [-0.05, 0) is 17.7 Å². The van der Waals surface area contributed by atoms with Crippen LogP contribution in [0.25, 0.3) is 0 Å². The number of benzene rings is 2. The number of carbonyl (C=O) groups is 2. The van der Waals surface area contributed by atoms with E-state index in [2.05, 4.69) is 15.6 Å². The zero-order valence-corrected chi connectivity index (χ0v) is 14.3. The number of hydrogen-bond donors (Lipinski definition) is 3. The van der Waals surface area contributed by atoms with Crippen LogP contribution in [0.15, 0.2) is 71.5 Å². The number of urea groups is 1. The van der Waals surface area contributed by atoms with Gasteiger partial charge in [-0.15, -0.1) is 0 Å². The lowest BCUT2D eigenvalue weighted by molar-refractivity contribution is 0.102. The van der Waals surface area contributed by atoms with Crippen molar-refractivity contribution >= 4 is 23.6 Å². The summed E-state index contributed by atoms with van der Waals surface area (Å²) in [4.78, 5) is 40.4. The van der Waals surface area contributed by atoms with Crippen molar-refractivity contribution in [2.24, 2.45) is 5.73 Å². The first-order valence-electron chi connectivity index (χ1n) is 8.11. The number of hydrogen-bond acceptors (Lipinski definition) is 4. The fourth-order valence-corrected chi connectivity index (χ4v) is 2.46. The highest BCUT2D eigenvalue weighted by molar-refractivity contribution is 6.03. The second-order valence-corrected chi connectivity index (χ2v) is 5.68. The predicted octanol–water partition coefficient (Wildman–Crippen LogP) is 2.03. The van der Waals surface area contributed by atoms with Gasteiger partial charge in [0.25, 0.3) is 11.5 Å². The summed E-state index contributed by atoms with van der Waals surface area (Å²) >= 11 is 0. The number of anilines is 2. The third kappa shape index (κ3) is 4.57. The number of nitrogens with zero attached hydrogens (tertiary/aromatic N) is 2. The molecule has 0 aliphatic rings. The molecule has 0 atom stereocenters. The highest BCUT2D eigenvalue weighted by atomic mass is 16.2. The Labute approximate surface area is 154 Å². The summed E-state index contributed by atoms with van der Waals surface area (Å²) in [5, 5.41) is 4.95. The van der Waals surface area contributed by atoms with Crippen molar-refractivity contribution in [2.75, 3.05) is 10.6 Å². The molecule has 0 aliphatic heterocycles. The van der Waals surface area contributed by atoms with Gasteiger partial charge in [0.2, 0.25) is 5.95 Å². The van der Waals surface area contributed by atoms with Crippen LogP contribution in [0.5, 0.6) is 0 Å². The molecule has 136 valence electrons. The van der Waals surface area contributed by atoms with Crippen molar-refractivity contribution in [1.29, 1.82) is 0 Å². The Bertz CT molecular complexity index is 1020. The van der Waals surface area contributed by atoms with Crippen LogP contribution in [-0.4, -0.2) is 21.5 Å². The molecule has 0 bridgehead atoms. The van der Waals surface area contributed by atoms with Gasteiger partial charge in [0.05, 0.1) is 6.54 Å². The fraction of sp³-hybridized carbons (Fsp3) is 0.0526. The lowest BCUT2D eigenvalue weighted by Crippen LogP contribution is -2.31. The summed E-state index contributed by atoms with van der Waals surface area (Å²) in [6, 6.07) is 18.2. The number of rotatable bonds is 5. The van der Waals surface area contributed by atoms with Crippen molar-refractivity contribution in [3.63, 3.8) is 0 Å². The molecule has 0 fully saturated rings. The van der Waals surface area contributed by atoms with Gasteiger partial charge in [-0.2, -0.15) is 0 Å². The number of para-hydroxylation sites is 1. The number of primary amides is 1. The van der Waals surface area contributed by atoms with Crippen LogP contribution in [0.2, 0.25) is 0 Å². The summed E-state index contributed by atoms with van der Waals surface area (Å²) in [6.45, 7) is 0.170. The third-order valence-electron chi connectivity index (χ3n) is 3.69. The molecule has 0 aliphatic carbocycles. The van der Waals surface area contributed by atoms with Crippen molar-refractivity contribution in [3.8, 4) is 0 Å². The maximum atomic E-state index is 12.6. The molecule has 0 spiro atoms. The number of carbonyl (C=O) groups excluding carboxylic acids is 2. The van der Waals surface area contributed by atoms with Crippen LogP contribution in [0.3, 0.4) is 0 Å². The molecule has 8 nitrogen and oxygen atoms in total. The highest BCUT2D eigenvalue weighted by Gasteiger charge is 2.16.